The third-order valence-electron chi connectivity index (χ3n) is 3.50. The van der Waals surface area contributed by atoms with Gasteiger partial charge in [-0.05, 0) is 36.8 Å². The molecule has 1 N–H and O–H groups in total. The number of aryl methyl sites for hydroxylation is 1. The quantitative estimate of drug-likeness (QED) is 0.711. The minimum Gasteiger partial charge on any atom is -0.445 e. The summed E-state index contributed by atoms with van der Waals surface area (Å²) in [6.07, 6.45) is 1.55. The van der Waals surface area contributed by atoms with Crippen LogP contribution in [0.15, 0.2) is 54.7 Å². The van der Waals surface area contributed by atoms with Crippen LogP contribution in [0, 0.1) is 12.7 Å². The van der Waals surface area contributed by atoms with Crippen molar-refractivity contribution in [3.8, 4) is 10.8 Å². The molecule has 2 aromatic carbocycles. The Morgan fingerprint density at radius 3 is 2.80 bits per heavy atom. The van der Waals surface area contributed by atoms with Crippen molar-refractivity contribution >= 4 is 28.2 Å². The number of ether oxygens (including phenoxy) is 1. The highest BCUT2D eigenvalue weighted by Gasteiger charge is 2.14. The molecule has 3 aromatic rings. The molecule has 0 atom stereocenters. The first-order valence-corrected chi connectivity index (χ1v) is 8.34. The van der Waals surface area contributed by atoms with E-state index < -0.39 is 11.8 Å². The van der Waals surface area contributed by atoms with E-state index in [-0.39, 0.29) is 0 Å². The molecule has 0 aliphatic carbocycles. The molecule has 1 aromatic heterocycles. The fourth-order valence-electron chi connectivity index (χ4n) is 2.12. The van der Waals surface area contributed by atoms with Gasteiger partial charge in [0.25, 0.3) is 0 Å². The molecule has 128 valence electrons. The average molecular weight is 357 g/mol. The second kappa shape index (κ2) is 7.31. The normalized spacial score (nSPS) is 10.4. The summed E-state index contributed by atoms with van der Waals surface area (Å²) in [5, 5.41) is 3.64. The van der Waals surface area contributed by atoms with E-state index in [1.165, 1.54) is 28.4 Å². The number of aromatic nitrogens is 1. The molecule has 0 saturated heterocycles. The van der Waals surface area contributed by atoms with Gasteiger partial charge in [0.05, 0.1) is 6.20 Å². The molecule has 3 rings (SSSR count). The number of hydrogen-bond donors (Lipinski definition) is 1. The number of rotatable bonds is 4. The van der Waals surface area contributed by atoms with Crippen molar-refractivity contribution in [2.24, 2.45) is 0 Å². The Morgan fingerprint density at radius 1 is 1.24 bits per heavy atom. The molecular weight excluding hydrogens is 341 g/mol. The Morgan fingerprint density at radius 2 is 2.04 bits per heavy atom. The van der Waals surface area contributed by atoms with Crippen LogP contribution in [0.5, 0.6) is 10.8 Å². The largest absolute Gasteiger partial charge is 0.445 e. The minimum absolute atomic E-state index is 0.400. The summed E-state index contributed by atoms with van der Waals surface area (Å²) in [6, 6.07) is 13.0. The van der Waals surface area contributed by atoms with Crippen molar-refractivity contribution in [2.75, 3.05) is 17.3 Å². The minimum atomic E-state index is -0.414. The number of anilines is 2. The number of urea groups is 1. The van der Waals surface area contributed by atoms with E-state index >= 15 is 0 Å². The van der Waals surface area contributed by atoms with Crippen molar-refractivity contribution in [1.29, 1.82) is 0 Å². The monoisotopic (exact) mass is 357 g/mol. The summed E-state index contributed by atoms with van der Waals surface area (Å²) in [4.78, 5) is 17.7. The SMILES string of the molecule is Cc1ccccc1Oc1cnc(NC(=O)N(C)c2cccc(F)c2)s1. The zero-order valence-electron chi connectivity index (χ0n) is 13.7. The molecule has 5 nitrogen and oxygen atoms in total. The average Bonchev–Trinajstić information content (AvgIpc) is 3.03. The third-order valence-corrected chi connectivity index (χ3v) is 4.29. The van der Waals surface area contributed by atoms with Crippen LogP contribution in [0.3, 0.4) is 0 Å². The second-order valence-electron chi connectivity index (χ2n) is 5.32. The number of thiazole rings is 1. The Balaban J connectivity index is 1.66. The second-order valence-corrected chi connectivity index (χ2v) is 6.31. The van der Waals surface area contributed by atoms with Crippen molar-refractivity contribution in [2.45, 2.75) is 6.92 Å². The highest BCUT2D eigenvalue weighted by molar-refractivity contribution is 7.17. The zero-order valence-corrected chi connectivity index (χ0v) is 14.5. The molecule has 25 heavy (non-hydrogen) atoms. The van der Waals surface area contributed by atoms with E-state index in [1.807, 2.05) is 31.2 Å². The molecular formula is C18H16FN3O2S. The van der Waals surface area contributed by atoms with Crippen LogP contribution in [0.2, 0.25) is 0 Å². The first kappa shape index (κ1) is 16.9. The van der Waals surface area contributed by atoms with Gasteiger partial charge >= 0.3 is 6.03 Å². The Bertz CT molecular complexity index is 897. The number of hydrogen-bond acceptors (Lipinski definition) is 4. The maximum atomic E-state index is 13.3. The van der Waals surface area contributed by atoms with Gasteiger partial charge in [0.1, 0.15) is 11.6 Å². The van der Waals surface area contributed by atoms with E-state index in [0.717, 1.165) is 11.3 Å². The smallest absolute Gasteiger partial charge is 0.327 e. The van der Waals surface area contributed by atoms with Crippen LogP contribution in [0.1, 0.15) is 5.56 Å². The molecule has 0 radical (unpaired) electrons. The van der Waals surface area contributed by atoms with Crippen LogP contribution < -0.4 is 15.0 Å². The van der Waals surface area contributed by atoms with Crippen LogP contribution in [-0.2, 0) is 0 Å². The first-order chi connectivity index (χ1) is 12.0. The fourth-order valence-corrected chi connectivity index (χ4v) is 2.79. The predicted molar refractivity (Wildman–Crippen MR) is 97.2 cm³/mol. The highest BCUT2D eigenvalue weighted by atomic mass is 32.1. The van der Waals surface area contributed by atoms with E-state index in [2.05, 4.69) is 10.3 Å². The Kier molecular flexibility index (Phi) is 4.95. The third kappa shape index (κ3) is 4.13. The molecule has 0 unspecified atom stereocenters. The van der Waals surface area contributed by atoms with E-state index in [4.69, 9.17) is 4.74 Å². The highest BCUT2D eigenvalue weighted by Crippen LogP contribution is 2.32. The van der Waals surface area contributed by atoms with Gasteiger partial charge in [-0.25, -0.2) is 14.2 Å². The van der Waals surface area contributed by atoms with Gasteiger partial charge in [-0.1, -0.05) is 35.6 Å². The Labute approximate surface area is 148 Å². The summed E-state index contributed by atoms with van der Waals surface area (Å²) in [5.74, 6) is 0.334. The van der Waals surface area contributed by atoms with E-state index in [9.17, 15) is 9.18 Å². The van der Waals surface area contributed by atoms with E-state index in [1.54, 1.807) is 25.4 Å². The van der Waals surface area contributed by atoms with E-state index in [0.29, 0.717) is 15.9 Å². The number of carbonyl (C=O) groups excluding carboxylic acids is 1. The number of nitrogens with one attached hydrogen (secondary N) is 1. The lowest BCUT2D eigenvalue weighted by Crippen LogP contribution is -2.31. The lowest BCUT2D eigenvalue weighted by Gasteiger charge is -2.16. The standard InChI is InChI=1S/C18H16FN3O2S/c1-12-6-3-4-9-15(12)24-16-11-20-17(25-16)21-18(23)22(2)14-8-5-7-13(19)10-14/h3-11H,1-2H3,(H,20,21,23). The number of nitrogens with zero attached hydrogens (tertiary/aromatic N) is 2. The van der Waals surface area contributed by atoms with Crippen LogP contribution in [0.4, 0.5) is 20.0 Å². The number of benzene rings is 2. The number of carbonyl (C=O) groups is 1. The molecule has 0 aliphatic heterocycles. The summed E-state index contributed by atoms with van der Waals surface area (Å²) < 4.78 is 19.0. The first-order valence-electron chi connectivity index (χ1n) is 7.52. The summed E-state index contributed by atoms with van der Waals surface area (Å²) in [6.45, 7) is 1.95. The topological polar surface area (TPSA) is 54.5 Å². The van der Waals surface area contributed by atoms with Gasteiger partial charge in [-0.2, -0.15) is 0 Å². The van der Waals surface area contributed by atoms with Gasteiger partial charge in [0, 0.05) is 12.7 Å². The summed E-state index contributed by atoms with van der Waals surface area (Å²) >= 11 is 1.21. The number of halogens is 1. The lowest BCUT2D eigenvalue weighted by atomic mass is 10.2. The van der Waals surface area contributed by atoms with Crippen LogP contribution >= 0.6 is 11.3 Å². The van der Waals surface area contributed by atoms with Gasteiger partial charge in [-0.15, -0.1) is 0 Å². The zero-order chi connectivity index (χ0) is 17.8. The maximum absolute atomic E-state index is 13.3. The molecule has 7 heteroatoms. The van der Waals surface area contributed by atoms with Crippen molar-refractivity contribution in [3.63, 3.8) is 0 Å². The van der Waals surface area contributed by atoms with Crippen LogP contribution in [-0.4, -0.2) is 18.1 Å². The molecule has 0 spiro atoms. The molecule has 0 bridgehead atoms. The van der Waals surface area contributed by atoms with Gasteiger partial charge in [0.15, 0.2) is 5.13 Å². The Hall–Kier alpha value is -2.93. The molecule has 2 amide bonds. The van der Waals surface area contributed by atoms with Crippen molar-refractivity contribution in [1.82, 2.24) is 4.98 Å². The molecule has 1 heterocycles. The lowest BCUT2D eigenvalue weighted by molar-refractivity contribution is 0.258. The fraction of sp³-hybridized carbons (Fsp3) is 0.111. The molecule has 0 saturated carbocycles. The van der Waals surface area contributed by atoms with Crippen LogP contribution in [0.25, 0.3) is 0 Å². The summed E-state index contributed by atoms with van der Waals surface area (Å²) in [5.41, 5.74) is 1.46. The maximum Gasteiger partial charge on any atom is 0.327 e. The van der Waals surface area contributed by atoms with Crippen molar-refractivity contribution < 1.29 is 13.9 Å². The molecule has 0 fully saturated rings. The van der Waals surface area contributed by atoms with Gasteiger partial charge in [-0.3, -0.25) is 10.2 Å². The van der Waals surface area contributed by atoms with Gasteiger partial charge < -0.3 is 4.74 Å². The number of amides is 2. The van der Waals surface area contributed by atoms with Gasteiger partial charge in [0.2, 0.25) is 5.06 Å². The number of para-hydroxylation sites is 1. The van der Waals surface area contributed by atoms with Crippen molar-refractivity contribution in [3.05, 3.63) is 66.1 Å². The predicted octanol–water partition coefficient (Wildman–Crippen LogP) is 5.05. The molecule has 0 aliphatic rings. The summed E-state index contributed by atoms with van der Waals surface area (Å²) in [7, 11) is 1.56.